The molecule has 2 nitrogen and oxygen atoms in total. The molecule has 0 aliphatic heterocycles. The number of hydrogen-bond donors (Lipinski definition) is 0. The Morgan fingerprint density at radius 3 is 2.62 bits per heavy atom. The summed E-state index contributed by atoms with van der Waals surface area (Å²) in [5, 5.41) is 0. The third-order valence-corrected chi connectivity index (χ3v) is 4.34. The van der Waals surface area contributed by atoms with E-state index in [1.165, 1.54) is 17.5 Å². The molecule has 0 spiro atoms. The fraction of sp³-hybridized carbons (Fsp3) is 0.421. The number of aromatic nitrogens is 1. The lowest BCUT2D eigenvalue weighted by Crippen LogP contribution is -1.98. The smallest absolute Gasteiger partial charge is 0.164 e. The molecule has 0 bridgehead atoms. The van der Waals surface area contributed by atoms with Crippen LogP contribution in [0.15, 0.2) is 42.7 Å². The normalized spacial score (nSPS) is 14.8. The van der Waals surface area contributed by atoms with Gasteiger partial charge in [0, 0.05) is 30.9 Å². The van der Waals surface area contributed by atoms with Crippen molar-refractivity contribution in [2.75, 3.05) is 0 Å². The SMILES string of the molecule is O=C1CCCCc2cn(CCCCc3ccccc3)cc21. The molecule has 2 heteroatoms. The molecule has 0 amide bonds. The molecule has 0 unspecified atom stereocenters. The molecule has 1 aromatic heterocycles. The molecule has 110 valence electrons. The molecular weight excluding hydrogens is 258 g/mol. The van der Waals surface area contributed by atoms with Crippen LogP contribution in [0, 0.1) is 0 Å². The third-order valence-electron chi connectivity index (χ3n) is 4.34. The van der Waals surface area contributed by atoms with Gasteiger partial charge in [-0.1, -0.05) is 30.3 Å². The van der Waals surface area contributed by atoms with E-state index in [1.807, 2.05) is 0 Å². The number of carbonyl (C=O) groups excluding carboxylic acids is 1. The van der Waals surface area contributed by atoms with Crippen molar-refractivity contribution >= 4 is 5.78 Å². The van der Waals surface area contributed by atoms with E-state index in [0.717, 1.165) is 50.6 Å². The van der Waals surface area contributed by atoms with Crippen molar-refractivity contribution in [3.05, 3.63) is 59.4 Å². The van der Waals surface area contributed by atoms with Crippen LogP contribution in [0.3, 0.4) is 0 Å². The van der Waals surface area contributed by atoms with Gasteiger partial charge in [0.15, 0.2) is 5.78 Å². The van der Waals surface area contributed by atoms with Gasteiger partial charge in [-0.25, -0.2) is 0 Å². The number of Topliss-reactive ketones (excluding diaryl/α,β-unsaturated/α-hetero) is 1. The van der Waals surface area contributed by atoms with E-state index in [1.54, 1.807) is 0 Å². The first-order chi connectivity index (χ1) is 10.3. The van der Waals surface area contributed by atoms with Gasteiger partial charge in [-0.15, -0.1) is 0 Å². The van der Waals surface area contributed by atoms with Crippen LogP contribution >= 0.6 is 0 Å². The van der Waals surface area contributed by atoms with E-state index in [2.05, 4.69) is 47.3 Å². The summed E-state index contributed by atoms with van der Waals surface area (Å²) in [6.07, 6.45) is 11.8. The van der Waals surface area contributed by atoms with Crippen LogP contribution in [0.5, 0.6) is 0 Å². The second-order valence-electron chi connectivity index (χ2n) is 6.01. The number of carbonyl (C=O) groups is 1. The maximum Gasteiger partial charge on any atom is 0.164 e. The second kappa shape index (κ2) is 6.75. The van der Waals surface area contributed by atoms with Crippen LogP contribution in [-0.2, 0) is 19.4 Å². The average molecular weight is 281 g/mol. The van der Waals surface area contributed by atoms with Gasteiger partial charge in [0.25, 0.3) is 0 Å². The first-order valence-corrected chi connectivity index (χ1v) is 8.09. The first-order valence-electron chi connectivity index (χ1n) is 8.09. The highest BCUT2D eigenvalue weighted by molar-refractivity contribution is 5.97. The van der Waals surface area contributed by atoms with Crippen molar-refractivity contribution in [1.82, 2.24) is 4.57 Å². The maximum absolute atomic E-state index is 12.0. The number of fused-ring (bicyclic) bond motifs is 1. The van der Waals surface area contributed by atoms with Crippen LogP contribution < -0.4 is 0 Å². The lowest BCUT2D eigenvalue weighted by Gasteiger charge is -2.04. The van der Waals surface area contributed by atoms with Gasteiger partial charge >= 0.3 is 0 Å². The van der Waals surface area contributed by atoms with E-state index >= 15 is 0 Å². The highest BCUT2D eigenvalue weighted by Gasteiger charge is 2.17. The van der Waals surface area contributed by atoms with Crippen LogP contribution in [0.25, 0.3) is 0 Å². The number of nitrogens with zero attached hydrogens (tertiary/aromatic N) is 1. The second-order valence-corrected chi connectivity index (χ2v) is 6.01. The third kappa shape index (κ3) is 3.63. The molecule has 21 heavy (non-hydrogen) atoms. The Balaban J connectivity index is 1.52. The Kier molecular flexibility index (Phi) is 4.54. The van der Waals surface area contributed by atoms with E-state index < -0.39 is 0 Å². The molecule has 0 fully saturated rings. The van der Waals surface area contributed by atoms with Crippen molar-refractivity contribution in [2.24, 2.45) is 0 Å². The highest BCUT2D eigenvalue weighted by atomic mass is 16.1. The molecule has 1 aliphatic carbocycles. The Labute approximate surface area is 126 Å². The monoisotopic (exact) mass is 281 g/mol. The zero-order chi connectivity index (χ0) is 14.5. The first kappa shape index (κ1) is 14.1. The van der Waals surface area contributed by atoms with Crippen LogP contribution in [0.4, 0.5) is 0 Å². The fourth-order valence-corrected chi connectivity index (χ4v) is 3.14. The van der Waals surface area contributed by atoms with Crippen LogP contribution in [0.1, 0.15) is 53.6 Å². The Bertz CT molecular complexity index is 597. The number of aryl methyl sites for hydroxylation is 3. The van der Waals surface area contributed by atoms with Gasteiger partial charge in [-0.05, 0) is 49.7 Å². The Morgan fingerprint density at radius 2 is 1.76 bits per heavy atom. The molecule has 0 saturated carbocycles. The molecule has 1 aromatic carbocycles. The molecule has 2 aromatic rings. The molecule has 3 rings (SSSR count). The van der Waals surface area contributed by atoms with Crippen molar-refractivity contribution in [2.45, 2.75) is 51.5 Å². The van der Waals surface area contributed by atoms with Gasteiger partial charge in [0.1, 0.15) is 0 Å². The minimum Gasteiger partial charge on any atom is -0.353 e. The van der Waals surface area contributed by atoms with E-state index in [0.29, 0.717) is 5.78 Å². The quantitative estimate of drug-likeness (QED) is 0.587. The van der Waals surface area contributed by atoms with Crippen LogP contribution in [0.2, 0.25) is 0 Å². The predicted octanol–water partition coefficient (Wildman–Crippen LogP) is 4.42. The summed E-state index contributed by atoms with van der Waals surface area (Å²) in [6, 6.07) is 10.6. The number of benzene rings is 1. The molecular formula is C19H23NO. The number of hydrogen-bond acceptors (Lipinski definition) is 1. The van der Waals surface area contributed by atoms with Gasteiger partial charge in [-0.3, -0.25) is 4.79 Å². The molecule has 0 saturated heterocycles. The van der Waals surface area contributed by atoms with Gasteiger partial charge in [0.05, 0.1) is 0 Å². The molecule has 1 heterocycles. The highest BCUT2D eigenvalue weighted by Crippen LogP contribution is 2.21. The van der Waals surface area contributed by atoms with E-state index in [-0.39, 0.29) is 0 Å². The van der Waals surface area contributed by atoms with Crippen molar-refractivity contribution in [3.63, 3.8) is 0 Å². The topological polar surface area (TPSA) is 22.0 Å². The lowest BCUT2D eigenvalue weighted by atomic mass is 10.1. The predicted molar refractivity (Wildman–Crippen MR) is 85.7 cm³/mol. The lowest BCUT2D eigenvalue weighted by molar-refractivity contribution is 0.0982. The largest absolute Gasteiger partial charge is 0.353 e. The van der Waals surface area contributed by atoms with Crippen molar-refractivity contribution in [1.29, 1.82) is 0 Å². The van der Waals surface area contributed by atoms with Crippen LogP contribution in [-0.4, -0.2) is 10.4 Å². The minimum absolute atomic E-state index is 0.338. The van der Waals surface area contributed by atoms with Crippen molar-refractivity contribution < 1.29 is 4.79 Å². The molecule has 0 radical (unpaired) electrons. The van der Waals surface area contributed by atoms with Crippen molar-refractivity contribution in [3.8, 4) is 0 Å². The summed E-state index contributed by atoms with van der Waals surface area (Å²) >= 11 is 0. The van der Waals surface area contributed by atoms with Gasteiger partial charge in [0.2, 0.25) is 0 Å². The van der Waals surface area contributed by atoms with Gasteiger partial charge < -0.3 is 4.57 Å². The summed E-state index contributed by atoms with van der Waals surface area (Å²) < 4.78 is 2.22. The zero-order valence-electron chi connectivity index (χ0n) is 12.6. The van der Waals surface area contributed by atoms with E-state index in [9.17, 15) is 4.79 Å². The number of ketones is 1. The summed E-state index contributed by atoms with van der Waals surface area (Å²) in [5.41, 5.74) is 3.66. The van der Waals surface area contributed by atoms with Gasteiger partial charge in [-0.2, -0.15) is 0 Å². The summed E-state index contributed by atoms with van der Waals surface area (Å²) in [5.74, 6) is 0.338. The summed E-state index contributed by atoms with van der Waals surface area (Å²) in [7, 11) is 0. The number of rotatable bonds is 5. The fourth-order valence-electron chi connectivity index (χ4n) is 3.14. The molecule has 0 N–H and O–H groups in total. The summed E-state index contributed by atoms with van der Waals surface area (Å²) in [4.78, 5) is 12.0. The zero-order valence-corrected chi connectivity index (χ0v) is 12.6. The number of unbranched alkanes of at least 4 members (excludes halogenated alkanes) is 1. The standard InChI is InChI=1S/C19H23NO/c21-19-12-5-4-11-17-14-20(15-18(17)19)13-7-6-10-16-8-2-1-3-9-16/h1-3,8-9,14-15H,4-7,10-13H2. The Hall–Kier alpha value is -1.83. The minimum atomic E-state index is 0.338. The molecule has 0 atom stereocenters. The summed E-state index contributed by atoms with van der Waals surface area (Å²) in [6.45, 7) is 1.02. The van der Waals surface area contributed by atoms with E-state index in [4.69, 9.17) is 0 Å². The Morgan fingerprint density at radius 1 is 0.952 bits per heavy atom. The average Bonchev–Trinajstić information content (AvgIpc) is 2.84. The molecule has 1 aliphatic rings. The maximum atomic E-state index is 12.0.